The van der Waals surface area contributed by atoms with E-state index < -0.39 is 4.87 Å². The summed E-state index contributed by atoms with van der Waals surface area (Å²) < 4.78 is 0. The molecule has 1 fully saturated rings. The highest BCUT2D eigenvalue weighted by molar-refractivity contribution is 8.02. The molecule has 2 heterocycles. The molecule has 3 aromatic rings. The molecule has 2 aliphatic heterocycles. The van der Waals surface area contributed by atoms with Crippen LogP contribution in [0.25, 0.3) is 0 Å². The molecule has 3 amide bonds. The zero-order valence-electron chi connectivity index (χ0n) is 20.0. The molecule has 0 unspecified atom stereocenters. The van der Waals surface area contributed by atoms with Crippen molar-refractivity contribution in [1.29, 1.82) is 0 Å². The second-order valence-electron chi connectivity index (χ2n) is 9.10. The van der Waals surface area contributed by atoms with Gasteiger partial charge in [-0.2, -0.15) is 0 Å². The zero-order valence-corrected chi connectivity index (χ0v) is 20.8. The minimum Gasteiger partial charge on any atom is -0.350 e. The molecule has 1 N–H and O–H groups in total. The van der Waals surface area contributed by atoms with Crippen LogP contribution in [0.15, 0.2) is 66.7 Å². The Morgan fingerprint density at radius 3 is 2.46 bits per heavy atom. The highest BCUT2D eigenvalue weighted by Gasteiger charge is 2.61. The number of benzene rings is 3. The molecule has 35 heavy (non-hydrogen) atoms. The number of thioether (sulfide) groups is 1. The SMILES string of the molecule is Cc1ccc(CNC(=O)CN2C(=O)[C@@]3(SCC(=O)N3c3ccc(C)c(C)c3)c3ccccc32)cc1. The van der Waals surface area contributed by atoms with Gasteiger partial charge in [0.05, 0.1) is 11.4 Å². The molecular weight excluding hydrogens is 458 g/mol. The van der Waals surface area contributed by atoms with E-state index in [2.05, 4.69) is 5.32 Å². The quantitative estimate of drug-likeness (QED) is 0.588. The molecule has 0 aromatic heterocycles. The van der Waals surface area contributed by atoms with Gasteiger partial charge < -0.3 is 5.32 Å². The smallest absolute Gasteiger partial charge is 0.269 e. The van der Waals surface area contributed by atoms with Gasteiger partial charge >= 0.3 is 0 Å². The van der Waals surface area contributed by atoms with E-state index in [1.54, 1.807) is 4.90 Å². The fourth-order valence-electron chi connectivity index (χ4n) is 4.68. The molecule has 0 saturated carbocycles. The monoisotopic (exact) mass is 485 g/mol. The van der Waals surface area contributed by atoms with Crippen LogP contribution in [-0.4, -0.2) is 30.0 Å². The first-order valence-corrected chi connectivity index (χ1v) is 12.6. The van der Waals surface area contributed by atoms with Gasteiger partial charge in [-0.25, -0.2) is 0 Å². The molecular formula is C28H27N3O3S. The minimum atomic E-state index is -1.22. The summed E-state index contributed by atoms with van der Waals surface area (Å²) in [6.45, 7) is 6.30. The lowest BCUT2D eigenvalue weighted by atomic mass is 10.0. The number of carbonyl (C=O) groups is 3. The second kappa shape index (κ2) is 8.89. The van der Waals surface area contributed by atoms with Gasteiger partial charge in [0.1, 0.15) is 6.54 Å². The first-order valence-electron chi connectivity index (χ1n) is 11.6. The molecule has 2 aliphatic rings. The Morgan fingerprint density at radius 2 is 1.71 bits per heavy atom. The van der Waals surface area contributed by atoms with Crippen LogP contribution in [0.4, 0.5) is 11.4 Å². The molecule has 1 atom stereocenters. The molecule has 7 heteroatoms. The topological polar surface area (TPSA) is 69.7 Å². The summed E-state index contributed by atoms with van der Waals surface area (Å²) in [5.41, 5.74) is 6.41. The van der Waals surface area contributed by atoms with E-state index >= 15 is 0 Å². The van der Waals surface area contributed by atoms with Crippen molar-refractivity contribution in [3.8, 4) is 0 Å². The van der Waals surface area contributed by atoms with Crippen molar-refractivity contribution in [3.05, 3.63) is 94.5 Å². The third-order valence-electron chi connectivity index (χ3n) is 6.72. The van der Waals surface area contributed by atoms with Crippen LogP contribution in [0, 0.1) is 20.8 Å². The highest BCUT2D eigenvalue weighted by atomic mass is 32.2. The molecule has 6 nitrogen and oxygen atoms in total. The van der Waals surface area contributed by atoms with Gasteiger partial charge in [-0.05, 0) is 55.7 Å². The van der Waals surface area contributed by atoms with Crippen LogP contribution in [0.3, 0.4) is 0 Å². The maximum absolute atomic E-state index is 14.0. The molecule has 0 aliphatic carbocycles. The number of nitrogens with one attached hydrogen (secondary N) is 1. The summed E-state index contributed by atoms with van der Waals surface area (Å²) >= 11 is 1.32. The summed E-state index contributed by atoms with van der Waals surface area (Å²) in [7, 11) is 0. The van der Waals surface area contributed by atoms with Crippen molar-refractivity contribution in [1.82, 2.24) is 5.32 Å². The van der Waals surface area contributed by atoms with Crippen LogP contribution in [-0.2, 0) is 25.8 Å². The van der Waals surface area contributed by atoms with E-state index in [1.165, 1.54) is 16.7 Å². The lowest BCUT2D eigenvalue weighted by Crippen LogP contribution is -2.51. The van der Waals surface area contributed by atoms with Crippen molar-refractivity contribution in [2.75, 3.05) is 22.1 Å². The minimum absolute atomic E-state index is 0.112. The Morgan fingerprint density at radius 1 is 0.971 bits per heavy atom. The van der Waals surface area contributed by atoms with E-state index in [-0.39, 0.29) is 30.0 Å². The Balaban J connectivity index is 1.45. The van der Waals surface area contributed by atoms with E-state index in [9.17, 15) is 14.4 Å². The third-order valence-corrected chi connectivity index (χ3v) is 8.11. The van der Waals surface area contributed by atoms with Crippen LogP contribution < -0.4 is 15.1 Å². The van der Waals surface area contributed by atoms with Crippen LogP contribution in [0.5, 0.6) is 0 Å². The van der Waals surface area contributed by atoms with Crippen molar-refractivity contribution < 1.29 is 14.4 Å². The Bertz CT molecular complexity index is 1340. The predicted octanol–water partition coefficient (Wildman–Crippen LogP) is 4.21. The summed E-state index contributed by atoms with van der Waals surface area (Å²) in [5, 5.41) is 2.92. The molecule has 0 radical (unpaired) electrons. The molecule has 1 spiro atoms. The number of rotatable bonds is 5. The summed E-state index contributed by atoms with van der Waals surface area (Å²) in [6, 6.07) is 21.2. The number of aryl methyl sites for hydroxylation is 3. The van der Waals surface area contributed by atoms with Crippen molar-refractivity contribution >= 4 is 40.9 Å². The number of anilines is 2. The molecule has 0 bridgehead atoms. The average Bonchev–Trinajstić information content (AvgIpc) is 3.31. The van der Waals surface area contributed by atoms with Crippen molar-refractivity contribution in [2.24, 2.45) is 0 Å². The maximum atomic E-state index is 14.0. The summed E-state index contributed by atoms with van der Waals surface area (Å²) in [4.78, 5) is 42.0. The Kier molecular flexibility index (Phi) is 5.89. The lowest BCUT2D eigenvalue weighted by molar-refractivity contribution is -0.125. The van der Waals surface area contributed by atoms with E-state index in [0.29, 0.717) is 17.9 Å². The number of amides is 3. The predicted molar refractivity (Wildman–Crippen MR) is 139 cm³/mol. The second-order valence-corrected chi connectivity index (χ2v) is 10.3. The van der Waals surface area contributed by atoms with E-state index in [1.807, 2.05) is 87.5 Å². The standard InChI is InChI=1S/C28H27N3O3S/c1-18-8-11-21(12-9-18)15-29-25(32)16-30-24-7-5-4-6-23(24)28(27(30)34)31(26(33)17-35-28)22-13-10-19(2)20(3)14-22/h4-14H,15-17H2,1-3H3,(H,29,32)/t28-/m0/s1. The fraction of sp³-hybridized carbons (Fsp3) is 0.250. The largest absolute Gasteiger partial charge is 0.350 e. The number of carbonyl (C=O) groups excluding carboxylic acids is 3. The van der Waals surface area contributed by atoms with Gasteiger partial charge in [-0.1, -0.05) is 54.1 Å². The van der Waals surface area contributed by atoms with Gasteiger partial charge in [0.2, 0.25) is 16.7 Å². The van der Waals surface area contributed by atoms with E-state index in [4.69, 9.17) is 0 Å². The van der Waals surface area contributed by atoms with Gasteiger partial charge in [0, 0.05) is 17.8 Å². The number of para-hydroxylation sites is 1. The highest BCUT2D eigenvalue weighted by Crippen LogP contribution is 2.55. The number of hydrogen-bond donors (Lipinski definition) is 1. The molecule has 178 valence electrons. The van der Waals surface area contributed by atoms with E-state index in [0.717, 1.165) is 27.8 Å². The zero-order chi connectivity index (χ0) is 24.7. The van der Waals surface area contributed by atoms with Crippen LogP contribution >= 0.6 is 11.8 Å². The van der Waals surface area contributed by atoms with Crippen LogP contribution in [0.2, 0.25) is 0 Å². The third kappa shape index (κ3) is 3.90. The lowest BCUT2D eigenvalue weighted by Gasteiger charge is -2.33. The maximum Gasteiger partial charge on any atom is 0.269 e. The Hall–Kier alpha value is -3.58. The summed E-state index contributed by atoms with van der Waals surface area (Å²) in [6.07, 6.45) is 0. The van der Waals surface area contributed by atoms with Gasteiger partial charge in [-0.3, -0.25) is 24.2 Å². The Labute approximate surface area is 209 Å². The molecule has 3 aromatic carbocycles. The fourth-order valence-corrected chi connectivity index (χ4v) is 6.04. The summed E-state index contributed by atoms with van der Waals surface area (Å²) in [5.74, 6) is -0.441. The van der Waals surface area contributed by atoms with Crippen molar-refractivity contribution in [3.63, 3.8) is 0 Å². The first-order chi connectivity index (χ1) is 16.8. The molecule has 1 saturated heterocycles. The van der Waals surface area contributed by atoms with Gasteiger partial charge in [0.25, 0.3) is 5.91 Å². The first kappa shape index (κ1) is 23.2. The van der Waals surface area contributed by atoms with Crippen LogP contribution in [0.1, 0.15) is 27.8 Å². The number of fused-ring (bicyclic) bond motifs is 2. The number of nitrogens with zero attached hydrogens (tertiary/aromatic N) is 2. The normalized spacial score (nSPS) is 18.9. The average molecular weight is 486 g/mol. The van der Waals surface area contributed by atoms with Crippen molar-refractivity contribution in [2.45, 2.75) is 32.2 Å². The number of hydrogen-bond acceptors (Lipinski definition) is 4. The van der Waals surface area contributed by atoms with Gasteiger partial charge in [-0.15, -0.1) is 11.8 Å². The van der Waals surface area contributed by atoms with Gasteiger partial charge in [0.15, 0.2) is 0 Å². The molecule has 5 rings (SSSR count).